The highest BCUT2D eigenvalue weighted by atomic mass is 35.5. The maximum Gasteiger partial charge on any atom is 0.233 e. The fourth-order valence-electron chi connectivity index (χ4n) is 3.61. The molecule has 1 aromatic carbocycles. The molecule has 1 aliphatic carbocycles. The SMILES string of the molecule is COc1ccccc1C1(C(=O)N2CCC(N)C(C)(C)C2)CC1.Cl. The molecule has 1 saturated carbocycles. The summed E-state index contributed by atoms with van der Waals surface area (Å²) in [5.74, 6) is 1.07. The summed E-state index contributed by atoms with van der Waals surface area (Å²) in [6.45, 7) is 5.81. The van der Waals surface area contributed by atoms with Gasteiger partial charge in [-0.3, -0.25) is 4.79 Å². The normalized spacial score (nSPS) is 24.5. The first-order valence-electron chi connectivity index (χ1n) is 8.09. The lowest BCUT2D eigenvalue weighted by Gasteiger charge is -2.43. The standard InChI is InChI=1S/C18H26N2O2.ClH/c1-17(2)12-20(11-8-15(17)19)16(21)18(9-10-18)13-6-4-5-7-14(13)22-3;/h4-7,15H,8-12,19H2,1-3H3;1H. The van der Waals surface area contributed by atoms with E-state index in [4.69, 9.17) is 10.5 Å². The van der Waals surface area contributed by atoms with E-state index in [1.54, 1.807) is 7.11 Å². The maximum atomic E-state index is 13.2. The highest BCUT2D eigenvalue weighted by molar-refractivity contribution is 5.92. The average Bonchev–Trinajstić information content (AvgIpc) is 3.31. The number of nitrogens with zero attached hydrogens (tertiary/aromatic N) is 1. The largest absolute Gasteiger partial charge is 0.496 e. The minimum Gasteiger partial charge on any atom is -0.496 e. The van der Waals surface area contributed by atoms with Crippen LogP contribution in [0.2, 0.25) is 0 Å². The number of hydrogen-bond acceptors (Lipinski definition) is 3. The van der Waals surface area contributed by atoms with Crippen LogP contribution in [0.25, 0.3) is 0 Å². The molecule has 2 fully saturated rings. The topological polar surface area (TPSA) is 55.6 Å². The summed E-state index contributed by atoms with van der Waals surface area (Å²) in [5.41, 5.74) is 6.84. The van der Waals surface area contributed by atoms with Crippen molar-refractivity contribution in [3.05, 3.63) is 29.8 Å². The number of likely N-dealkylation sites (tertiary alicyclic amines) is 1. The van der Waals surface area contributed by atoms with Crippen molar-refractivity contribution in [2.45, 2.75) is 44.6 Å². The molecule has 1 atom stereocenters. The van der Waals surface area contributed by atoms with Crippen LogP contribution < -0.4 is 10.5 Å². The van der Waals surface area contributed by atoms with E-state index in [9.17, 15) is 4.79 Å². The molecule has 23 heavy (non-hydrogen) atoms. The second kappa shape index (κ2) is 6.33. The third kappa shape index (κ3) is 3.07. The number of para-hydroxylation sites is 1. The minimum atomic E-state index is -0.371. The van der Waals surface area contributed by atoms with Crippen molar-refractivity contribution in [2.75, 3.05) is 20.2 Å². The highest BCUT2D eigenvalue weighted by Gasteiger charge is 2.55. The summed E-state index contributed by atoms with van der Waals surface area (Å²) in [4.78, 5) is 15.2. The Bertz CT molecular complexity index is 584. The summed E-state index contributed by atoms with van der Waals surface area (Å²) >= 11 is 0. The molecule has 2 aliphatic rings. The molecular weight excluding hydrogens is 312 g/mol. The number of methoxy groups -OCH3 is 1. The van der Waals surface area contributed by atoms with Gasteiger partial charge in [-0.05, 0) is 30.7 Å². The zero-order valence-corrected chi connectivity index (χ0v) is 15.0. The highest BCUT2D eigenvalue weighted by Crippen LogP contribution is 2.53. The summed E-state index contributed by atoms with van der Waals surface area (Å²) in [7, 11) is 1.67. The molecule has 1 amide bonds. The fourth-order valence-corrected chi connectivity index (χ4v) is 3.61. The molecular formula is C18H27ClN2O2. The Hall–Kier alpha value is -1.26. The van der Waals surface area contributed by atoms with Crippen molar-refractivity contribution in [1.29, 1.82) is 0 Å². The molecule has 2 N–H and O–H groups in total. The van der Waals surface area contributed by atoms with E-state index in [1.165, 1.54) is 0 Å². The Balaban J connectivity index is 0.00000192. The van der Waals surface area contributed by atoms with Crippen molar-refractivity contribution in [2.24, 2.45) is 11.1 Å². The predicted octanol–water partition coefficient (Wildman–Crippen LogP) is 2.73. The first-order chi connectivity index (χ1) is 10.4. The van der Waals surface area contributed by atoms with Gasteiger partial charge >= 0.3 is 0 Å². The molecule has 1 aliphatic heterocycles. The lowest BCUT2D eigenvalue weighted by molar-refractivity contribution is -0.137. The number of hydrogen-bond donors (Lipinski definition) is 1. The van der Waals surface area contributed by atoms with Gasteiger partial charge in [0, 0.05) is 24.7 Å². The average molecular weight is 339 g/mol. The molecule has 1 saturated heterocycles. The second-order valence-electron chi connectivity index (χ2n) is 7.39. The monoisotopic (exact) mass is 338 g/mol. The van der Waals surface area contributed by atoms with Gasteiger partial charge in [0.2, 0.25) is 5.91 Å². The van der Waals surface area contributed by atoms with Gasteiger partial charge in [-0.2, -0.15) is 0 Å². The number of amides is 1. The molecule has 1 unspecified atom stereocenters. The van der Waals surface area contributed by atoms with Crippen LogP contribution in [0, 0.1) is 5.41 Å². The quantitative estimate of drug-likeness (QED) is 0.922. The molecule has 1 heterocycles. The number of halogens is 1. The van der Waals surface area contributed by atoms with Gasteiger partial charge in [-0.25, -0.2) is 0 Å². The summed E-state index contributed by atoms with van der Waals surface area (Å²) in [5, 5.41) is 0. The molecule has 1 aromatic rings. The third-order valence-corrected chi connectivity index (χ3v) is 5.38. The van der Waals surface area contributed by atoms with E-state index in [1.807, 2.05) is 29.2 Å². The lowest BCUT2D eigenvalue weighted by Crippen LogP contribution is -2.55. The van der Waals surface area contributed by atoms with Crippen LogP contribution in [0.3, 0.4) is 0 Å². The van der Waals surface area contributed by atoms with Crippen molar-refractivity contribution in [3.8, 4) is 5.75 Å². The first kappa shape index (κ1) is 18.1. The lowest BCUT2D eigenvalue weighted by atomic mass is 9.79. The fraction of sp³-hybridized carbons (Fsp3) is 0.611. The van der Waals surface area contributed by atoms with Crippen LogP contribution in [-0.4, -0.2) is 37.0 Å². The Morgan fingerprint density at radius 3 is 2.52 bits per heavy atom. The zero-order valence-electron chi connectivity index (χ0n) is 14.2. The molecule has 0 bridgehead atoms. The van der Waals surface area contributed by atoms with Crippen LogP contribution in [0.5, 0.6) is 5.75 Å². The van der Waals surface area contributed by atoms with E-state index < -0.39 is 0 Å². The molecule has 5 heteroatoms. The summed E-state index contributed by atoms with van der Waals surface area (Å²) in [6, 6.07) is 8.08. The van der Waals surface area contributed by atoms with Gasteiger partial charge < -0.3 is 15.4 Å². The van der Waals surface area contributed by atoms with Crippen LogP contribution in [0.4, 0.5) is 0 Å². The van der Waals surface area contributed by atoms with E-state index in [-0.39, 0.29) is 35.2 Å². The second-order valence-corrected chi connectivity index (χ2v) is 7.39. The number of piperidine rings is 1. The Morgan fingerprint density at radius 2 is 1.96 bits per heavy atom. The van der Waals surface area contributed by atoms with Crippen LogP contribution >= 0.6 is 12.4 Å². The Labute approximate surface area is 144 Å². The number of rotatable bonds is 3. The van der Waals surface area contributed by atoms with Crippen LogP contribution in [0.15, 0.2) is 24.3 Å². The van der Waals surface area contributed by atoms with Crippen molar-refractivity contribution in [1.82, 2.24) is 4.90 Å². The van der Waals surface area contributed by atoms with Crippen LogP contribution in [0.1, 0.15) is 38.7 Å². The first-order valence-corrected chi connectivity index (χ1v) is 8.09. The number of nitrogens with two attached hydrogens (primary N) is 1. The summed E-state index contributed by atoms with van der Waals surface area (Å²) in [6.07, 6.45) is 2.70. The predicted molar refractivity (Wildman–Crippen MR) is 94.1 cm³/mol. The van der Waals surface area contributed by atoms with Crippen molar-refractivity contribution < 1.29 is 9.53 Å². The third-order valence-electron chi connectivity index (χ3n) is 5.38. The Kier molecular flexibility index (Phi) is 4.97. The van der Waals surface area contributed by atoms with Gasteiger partial charge in [-0.15, -0.1) is 12.4 Å². The van der Waals surface area contributed by atoms with E-state index in [0.29, 0.717) is 0 Å². The van der Waals surface area contributed by atoms with Gasteiger partial charge in [0.05, 0.1) is 12.5 Å². The van der Waals surface area contributed by atoms with E-state index >= 15 is 0 Å². The van der Waals surface area contributed by atoms with E-state index in [2.05, 4.69) is 13.8 Å². The van der Waals surface area contributed by atoms with Gasteiger partial charge in [0.1, 0.15) is 5.75 Å². The van der Waals surface area contributed by atoms with Crippen molar-refractivity contribution >= 4 is 18.3 Å². The molecule has 0 radical (unpaired) electrons. The summed E-state index contributed by atoms with van der Waals surface area (Å²) < 4.78 is 5.48. The van der Waals surface area contributed by atoms with E-state index in [0.717, 1.165) is 43.7 Å². The molecule has 4 nitrogen and oxygen atoms in total. The van der Waals surface area contributed by atoms with Gasteiger partial charge in [-0.1, -0.05) is 32.0 Å². The number of carbonyl (C=O) groups excluding carboxylic acids is 1. The Morgan fingerprint density at radius 1 is 1.30 bits per heavy atom. The zero-order chi connectivity index (χ0) is 16.0. The van der Waals surface area contributed by atoms with Gasteiger partial charge in [0.15, 0.2) is 0 Å². The molecule has 0 aromatic heterocycles. The number of ether oxygens (including phenoxy) is 1. The minimum absolute atomic E-state index is 0. The smallest absolute Gasteiger partial charge is 0.233 e. The molecule has 3 rings (SSSR count). The molecule has 128 valence electrons. The van der Waals surface area contributed by atoms with Crippen LogP contribution in [-0.2, 0) is 10.2 Å². The molecule has 0 spiro atoms. The van der Waals surface area contributed by atoms with Crippen molar-refractivity contribution in [3.63, 3.8) is 0 Å². The number of benzene rings is 1. The maximum absolute atomic E-state index is 13.2. The van der Waals surface area contributed by atoms with Gasteiger partial charge in [0.25, 0.3) is 0 Å². The number of carbonyl (C=O) groups is 1.